The molecule has 0 bridgehead atoms. The van der Waals surface area contributed by atoms with Gasteiger partial charge in [-0.1, -0.05) is 42.5 Å². The molecule has 2 aromatic rings. The maximum atomic E-state index is 13.0. The fraction of sp³-hybridized carbons (Fsp3) is 0.448. The number of benzene rings is 2. The SMILES string of the molecule is CN1CC(=O)N2C(CC(=O)O)C(=O)N(CCCCc3ccccc3)C[C@@H]2N1C.COc1ccc(CNC=O)cc1. The summed E-state index contributed by atoms with van der Waals surface area (Å²) in [6.07, 6.45) is 2.71. The van der Waals surface area contributed by atoms with Crippen molar-refractivity contribution in [3.05, 3.63) is 65.7 Å². The zero-order valence-electron chi connectivity index (χ0n) is 23.4. The molecule has 2 fully saturated rings. The van der Waals surface area contributed by atoms with Crippen LogP contribution in [0.4, 0.5) is 0 Å². The van der Waals surface area contributed by atoms with Gasteiger partial charge in [0.25, 0.3) is 0 Å². The molecule has 2 N–H and O–H groups in total. The molecule has 2 atom stereocenters. The van der Waals surface area contributed by atoms with Gasteiger partial charge in [0, 0.05) is 27.2 Å². The number of aryl methyl sites for hydroxylation is 1. The van der Waals surface area contributed by atoms with Crippen LogP contribution in [0.25, 0.3) is 0 Å². The number of nitrogens with one attached hydrogen (secondary N) is 1. The van der Waals surface area contributed by atoms with Crippen LogP contribution < -0.4 is 10.1 Å². The van der Waals surface area contributed by atoms with Crippen LogP contribution in [0.1, 0.15) is 30.4 Å². The second-order valence-electron chi connectivity index (χ2n) is 9.86. The number of aliphatic carboxylic acids is 1. The predicted molar refractivity (Wildman–Crippen MR) is 149 cm³/mol. The summed E-state index contributed by atoms with van der Waals surface area (Å²) in [5.41, 5.74) is 2.32. The van der Waals surface area contributed by atoms with E-state index >= 15 is 0 Å². The van der Waals surface area contributed by atoms with Crippen molar-refractivity contribution in [3.63, 3.8) is 0 Å². The number of hydrazine groups is 1. The monoisotopic (exact) mass is 553 g/mol. The quantitative estimate of drug-likeness (QED) is 0.318. The molecule has 4 rings (SSSR count). The van der Waals surface area contributed by atoms with Crippen molar-refractivity contribution in [2.45, 2.75) is 44.4 Å². The molecule has 40 heavy (non-hydrogen) atoms. The zero-order chi connectivity index (χ0) is 29.1. The highest BCUT2D eigenvalue weighted by atomic mass is 16.5. The summed E-state index contributed by atoms with van der Waals surface area (Å²) in [6.45, 7) is 1.67. The Kier molecular flexibility index (Phi) is 11.5. The number of carbonyl (C=O) groups excluding carboxylic acids is 3. The molecule has 11 heteroatoms. The summed E-state index contributed by atoms with van der Waals surface area (Å²) in [7, 11) is 5.31. The van der Waals surface area contributed by atoms with Gasteiger partial charge in [-0.3, -0.25) is 19.2 Å². The lowest BCUT2D eigenvalue weighted by Crippen LogP contribution is -2.73. The molecule has 216 valence electrons. The van der Waals surface area contributed by atoms with E-state index < -0.39 is 12.0 Å². The highest BCUT2D eigenvalue weighted by molar-refractivity contribution is 5.92. The van der Waals surface area contributed by atoms with Gasteiger partial charge in [0.15, 0.2) is 0 Å². The van der Waals surface area contributed by atoms with Crippen LogP contribution in [0.15, 0.2) is 54.6 Å². The smallest absolute Gasteiger partial charge is 0.305 e. The first-order valence-electron chi connectivity index (χ1n) is 13.3. The summed E-state index contributed by atoms with van der Waals surface area (Å²) < 4.78 is 4.98. The summed E-state index contributed by atoms with van der Waals surface area (Å²) in [6, 6.07) is 16.8. The molecule has 1 unspecified atom stereocenters. The molecule has 11 nitrogen and oxygen atoms in total. The fourth-order valence-electron chi connectivity index (χ4n) is 4.90. The molecule has 0 aliphatic carbocycles. The van der Waals surface area contributed by atoms with Crippen LogP contribution in [-0.4, -0.2) is 102 Å². The van der Waals surface area contributed by atoms with Crippen LogP contribution in [0, 0.1) is 0 Å². The van der Waals surface area contributed by atoms with Crippen LogP contribution in [-0.2, 0) is 32.1 Å². The fourth-order valence-corrected chi connectivity index (χ4v) is 4.90. The Balaban J connectivity index is 0.000000307. The molecule has 2 aromatic carbocycles. The number of nitrogens with zero attached hydrogens (tertiary/aromatic N) is 4. The second kappa shape index (κ2) is 15.0. The Morgan fingerprint density at radius 2 is 1.75 bits per heavy atom. The number of methoxy groups -OCH3 is 1. The van der Waals surface area contributed by atoms with E-state index in [9.17, 15) is 24.3 Å². The van der Waals surface area contributed by atoms with Gasteiger partial charge in [-0.15, -0.1) is 0 Å². The number of hydrogen-bond acceptors (Lipinski definition) is 7. The van der Waals surface area contributed by atoms with Gasteiger partial charge in [-0.2, -0.15) is 0 Å². The van der Waals surface area contributed by atoms with E-state index in [1.165, 1.54) is 10.5 Å². The van der Waals surface area contributed by atoms with Crippen LogP contribution in [0.3, 0.4) is 0 Å². The molecule has 0 spiro atoms. The Labute approximate surface area is 235 Å². The van der Waals surface area contributed by atoms with Crippen molar-refractivity contribution < 1.29 is 29.0 Å². The van der Waals surface area contributed by atoms with Gasteiger partial charge < -0.3 is 25.0 Å². The number of carbonyl (C=O) groups is 4. The molecular weight excluding hydrogens is 514 g/mol. The van der Waals surface area contributed by atoms with E-state index in [0.717, 1.165) is 30.6 Å². The van der Waals surface area contributed by atoms with Crippen molar-refractivity contribution >= 4 is 24.2 Å². The summed E-state index contributed by atoms with van der Waals surface area (Å²) in [4.78, 5) is 50.0. The van der Waals surface area contributed by atoms with E-state index in [4.69, 9.17) is 4.74 Å². The van der Waals surface area contributed by atoms with E-state index in [-0.39, 0.29) is 30.9 Å². The molecule has 2 aliphatic rings. The number of ether oxygens (including phenoxy) is 1. The standard InChI is InChI=1S/C20H28N4O4.C9H11NO2/c1-21-14-18(25)24-16(12-19(26)27)20(28)23(13-17(24)22(21)2)11-7-6-10-15-8-4-3-5-9-15;1-12-9-4-2-8(3-5-9)6-10-7-11/h3-5,8-9,16-17H,6-7,10-14H2,1-2H3,(H,26,27);2-5,7H,6H2,1H3,(H,10,11)/t16?,17-;/m1./s1. The van der Waals surface area contributed by atoms with Crippen molar-refractivity contribution in [1.29, 1.82) is 0 Å². The Morgan fingerprint density at radius 1 is 1.05 bits per heavy atom. The van der Waals surface area contributed by atoms with Crippen molar-refractivity contribution in [2.24, 2.45) is 0 Å². The molecule has 0 saturated carbocycles. The van der Waals surface area contributed by atoms with E-state index in [1.54, 1.807) is 12.0 Å². The van der Waals surface area contributed by atoms with Gasteiger partial charge in [-0.05, 0) is 42.5 Å². The number of carboxylic acid groups (broad SMARTS) is 1. The lowest BCUT2D eigenvalue weighted by atomic mass is 10.0. The van der Waals surface area contributed by atoms with Crippen molar-refractivity contribution in [2.75, 3.05) is 40.8 Å². The molecule has 3 amide bonds. The lowest BCUT2D eigenvalue weighted by Gasteiger charge is -2.53. The number of piperazine rings is 1. The first-order valence-corrected chi connectivity index (χ1v) is 13.3. The van der Waals surface area contributed by atoms with E-state index in [0.29, 0.717) is 26.0 Å². The van der Waals surface area contributed by atoms with Crippen LogP contribution >= 0.6 is 0 Å². The highest BCUT2D eigenvalue weighted by Gasteiger charge is 2.48. The number of amides is 3. The van der Waals surface area contributed by atoms with Gasteiger partial charge in [0.05, 0.1) is 26.6 Å². The minimum atomic E-state index is -1.07. The Morgan fingerprint density at radius 3 is 2.38 bits per heavy atom. The molecule has 2 aliphatic heterocycles. The van der Waals surface area contributed by atoms with Crippen molar-refractivity contribution in [1.82, 2.24) is 25.1 Å². The Bertz CT molecular complexity index is 1130. The molecule has 2 saturated heterocycles. The van der Waals surface area contributed by atoms with Gasteiger partial charge in [0.2, 0.25) is 18.2 Å². The molecule has 2 heterocycles. The third-order valence-corrected chi connectivity index (χ3v) is 7.16. The molecular formula is C29H39N5O6. The first-order chi connectivity index (χ1) is 19.2. The number of carboxylic acids is 1. The normalized spacial score (nSPS) is 19.4. The molecule has 0 radical (unpaired) electrons. The van der Waals surface area contributed by atoms with Crippen LogP contribution in [0.5, 0.6) is 5.75 Å². The summed E-state index contributed by atoms with van der Waals surface area (Å²) in [5, 5.41) is 15.6. The van der Waals surface area contributed by atoms with Crippen LogP contribution in [0.2, 0.25) is 0 Å². The summed E-state index contributed by atoms with van der Waals surface area (Å²) >= 11 is 0. The topological polar surface area (TPSA) is 123 Å². The first kappa shape index (κ1) is 30.6. The Hall–Kier alpha value is -3.96. The highest BCUT2D eigenvalue weighted by Crippen LogP contribution is 2.26. The minimum absolute atomic E-state index is 0.146. The predicted octanol–water partition coefficient (Wildman–Crippen LogP) is 1.58. The largest absolute Gasteiger partial charge is 0.497 e. The number of unbranched alkanes of at least 4 members (excludes halogenated alkanes) is 1. The van der Waals surface area contributed by atoms with E-state index in [1.807, 2.05) is 66.6 Å². The van der Waals surface area contributed by atoms with Crippen molar-refractivity contribution in [3.8, 4) is 5.75 Å². The number of fused-ring (bicyclic) bond motifs is 1. The second-order valence-corrected chi connectivity index (χ2v) is 9.86. The van der Waals surface area contributed by atoms with E-state index in [2.05, 4.69) is 17.4 Å². The van der Waals surface area contributed by atoms with Gasteiger partial charge in [-0.25, -0.2) is 10.0 Å². The van der Waals surface area contributed by atoms with Gasteiger partial charge in [0.1, 0.15) is 18.0 Å². The lowest BCUT2D eigenvalue weighted by molar-refractivity contribution is -0.194. The maximum absolute atomic E-state index is 13.0. The summed E-state index contributed by atoms with van der Waals surface area (Å²) in [5.74, 6) is -0.708. The number of likely N-dealkylation sites (N-methyl/N-ethyl adjacent to an activating group) is 2. The third-order valence-electron chi connectivity index (χ3n) is 7.16. The third kappa shape index (κ3) is 8.27. The average Bonchev–Trinajstić information content (AvgIpc) is 2.95. The molecule has 0 aromatic heterocycles. The zero-order valence-corrected chi connectivity index (χ0v) is 23.4. The minimum Gasteiger partial charge on any atom is -0.497 e. The maximum Gasteiger partial charge on any atom is 0.305 e. The number of hydrogen-bond donors (Lipinski definition) is 2. The van der Waals surface area contributed by atoms with Gasteiger partial charge >= 0.3 is 5.97 Å². The average molecular weight is 554 g/mol. The number of rotatable bonds is 11.